The van der Waals surface area contributed by atoms with Crippen LogP contribution in [0.5, 0.6) is 0 Å². The van der Waals surface area contributed by atoms with Crippen LogP contribution in [-0.2, 0) is 0 Å². The summed E-state index contributed by atoms with van der Waals surface area (Å²) < 4.78 is 0. The first-order chi connectivity index (χ1) is 8.00. The second kappa shape index (κ2) is 7.34. The third-order valence-electron chi connectivity index (χ3n) is 3.94. The Kier molecular flexibility index (Phi) is 6.45. The van der Waals surface area contributed by atoms with Gasteiger partial charge in [0.15, 0.2) is 0 Å². The molecule has 0 radical (unpaired) electrons. The zero-order valence-corrected chi connectivity index (χ0v) is 11.5. The van der Waals surface area contributed by atoms with Crippen LogP contribution < -0.4 is 0 Å². The van der Waals surface area contributed by atoms with E-state index < -0.39 is 5.60 Å². The molecule has 0 aromatic heterocycles. The van der Waals surface area contributed by atoms with Gasteiger partial charge < -0.3 is 10.3 Å². The Labute approximate surface area is 106 Å². The average Bonchev–Trinajstić information content (AvgIpc) is 2.31. The molecule has 102 valence electrons. The van der Waals surface area contributed by atoms with Crippen LogP contribution >= 0.6 is 0 Å². The third kappa shape index (κ3) is 6.39. The lowest BCUT2D eigenvalue weighted by molar-refractivity contribution is -0.103. The van der Waals surface area contributed by atoms with Crippen molar-refractivity contribution in [1.29, 1.82) is 0 Å². The molecule has 1 aliphatic heterocycles. The Morgan fingerprint density at radius 2 is 1.35 bits per heavy atom. The summed E-state index contributed by atoms with van der Waals surface area (Å²) >= 11 is 0. The maximum absolute atomic E-state index is 9.64. The van der Waals surface area contributed by atoms with E-state index >= 15 is 0 Å². The van der Waals surface area contributed by atoms with Crippen molar-refractivity contribution in [2.24, 2.45) is 5.92 Å². The van der Waals surface area contributed by atoms with Gasteiger partial charge in [-0.3, -0.25) is 0 Å². The standard InChI is InChI=1S/C9H18O.C5H11NO/c1-9(2,10)8-6-4-3-5-7-8;7-6-4-2-1-3-5-6/h8,10H,3-7H2,1-2H3;7H,1-5H2. The molecule has 1 heterocycles. The van der Waals surface area contributed by atoms with Crippen molar-refractivity contribution in [2.75, 3.05) is 13.1 Å². The quantitative estimate of drug-likeness (QED) is 0.743. The van der Waals surface area contributed by atoms with Crippen molar-refractivity contribution in [3.63, 3.8) is 0 Å². The lowest BCUT2D eigenvalue weighted by atomic mass is 9.79. The van der Waals surface area contributed by atoms with Crippen LogP contribution in [0, 0.1) is 5.92 Å². The highest BCUT2D eigenvalue weighted by Crippen LogP contribution is 2.31. The minimum Gasteiger partial charge on any atom is -0.390 e. The van der Waals surface area contributed by atoms with E-state index in [1.165, 1.54) is 43.6 Å². The summed E-state index contributed by atoms with van der Waals surface area (Å²) in [6.07, 6.45) is 10.1. The number of rotatable bonds is 1. The predicted octanol–water partition coefficient (Wildman–Crippen LogP) is 3.20. The summed E-state index contributed by atoms with van der Waals surface area (Å²) in [5, 5.41) is 19.8. The summed E-state index contributed by atoms with van der Waals surface area (Å²) in [5.41, 5.74) is -0.430. The van der Waals surface area contributed by atoms with E-state index in [0.29, 0.717) is 5.92 Å². The fourth-order valence-electron chi connectivity index (χ4n) is 2.69. The van der Waals surface area contributed by atoms with E-state index in [2.05, 4.69) is 0 Å². The molecule has 1 aliphatic carbocycles. The summed E-state index contributed by atoms with van der Waals surface area (Å²) in [4.78, 5) is 0. The molecule has 3 nitrogen and oxygen atoms in total. The summed E-state index contributed by atoms with van der Waals surface area (Å²) in [6.45, 7) is 5.62. The van der Waals surface area contributed by atoms with Crippen LogP contribution in [0.2, 0.25) is 0 Å². The van der Waals surface area contributed by atoms with Crippen molar-refractivity contribution < 1.29 is 10.3 Å². The predicted molar refractivity (Wildman–Crippen MR) is 70.1 cm³/mol. The number of hydrogen-bond donors (Lipinski definition) is 2. The van der Waals surface area contributed by atoms with Gasteiger partial charge in [0.25, 0.3) is 0 Å². The highest BCUT2D eigenvalue weighted by atomic mass is 16.5. The molecule has 2 N–H and O–H groups in total. The van der Waals surface area contributed by atoms with E-state index in [4.69, 9.17) is 5.21 Å². The summed E-state index contributed by atoms with van der Waals surface area (Å²) in [6, 6.07) is 0. The van der Waals surface area contributed by atoms with Crippen molar-refractivity contribution >= 4 is 0 Å². The van der Waals surface area contributed by atoms with Gasteiger partial charge in [-0.15, -0.1) is 0 Å². The number of hydroxylamine groups is 2. The monoisotopic (exact) mass is 243 g/mol. The van der Waals surface area contributed by atoms with Gasteiger partial charge in [0, 0.05) is 13.1 Å². The first-order valence-corrected chi connectivity index (χ1v) is 7.16. The first kappa shape index (κ1) is 14.9. The van der Waals surface area contributed by atoms with Crippen LogP contribution in [0.4, 0.5) is 0 Å². The third-order valence-corrected chi connectivity index (χ3v) is 3.94. The fourth-order valence-corrected chi connectivity index (χ4v) is 2.69. The highest BCUT2D eigenvalue weighted by molar-refractivity contribution is 4.79. The van der Waals surface area contributed by atoms with Crippen molar-refractivity contribution in [2.45, 2.75) is 70.8 Å². The van der Waals surface area contributed by atoms with Gasteiger partial charge in [-0.2, -0.15) is 5.06 Å². The number of nitrogens with zero attached hydrogens (tertiary/aromatic N) is 1. The molecule has 0 atom stereocenters. The van der Waals surface area contributed by atoms with Gasteiger partial charge in [-0.1, -0.05) is 25.7 Å². The van der Waals surface area contributed by atoms with Crippen LogP contribution in [0.1, 0.15) is 65.2 Å². The van der Waals surface area contributed by atoms with Gasteiger partial charge in [-0.05, 0) is 45.4 Å². The van der Waals surface area contributed by atoms with Crippen LogP contribution in [0.3, 0.4) is 0 Å². The summed E-state index contributed by atoms with van der Waals surface area (Å²) in [5.74, 6) is 0.557. The van der Waals surface area contributed by atoms with Crippen molar-refractivity contribution in [3.05, 3.63) is 0 Å². The Balaban J connectivity index is 0.000000181. The second-order valence-electron chi connectivity index (χ2n) is 6.00. The molecule has 2 rings (SSSR count). The Bertz CT molecular complexity index is 189. The minimum atomic E-state index is -0.430. The number of hydrogen-bond acceptors (Lipinski definition) is 3. The normalized spacial score (nSPS) is 24.0. The molecule has 0 bridgehead atoms. The molecule has 2 aliphatic rings. The smallest absolute Gasteiger partial charge is 0.0619 e. The largest absolute Gasteiger partial charge is 0.390 e. The molecular formula is C14H29NO2. The SMILES string of the molecule is CC(C)(O)C1CCCCC1.ON1CCCCC1. The average molecular weight is 243 g/mol. The molecule has 0 amide bonds. The summed E-state index contributed by atoms with van der Waals surface area (Å²) in [7, 11) is 0. The highest BCUT2D eigenvalue weighted by Gasteiger charge is 2.27. The minimum absolute atomic E-state index is 0.430. The van der Waals surface area contributed by atoms with Gasteiger partial charge in [0.1, 0.15) is 0 Å². The molecule has 0 spiro atoms. The van der Waals surface area contributed by atoms with E-state index in [0.717, 1.165) is 25.9 Å². The van der Waals surface area contributed by atoms with E-state index in [1.54, 1.807) is 0 Å². The molecule has 0 aromatic rings. The molecule has 0 aromatic carbocycles. The maximum Gasteiger partial charge on any atom is 0.0619 e. The van der Waals surface area contributed by atoms with Gasteiger partial charge in [-0.25, -0.2) is 0 Å². The topological polar surface area (TPSA) is 43.7 Å². The van der Waals surface area contributed by atoms with Crippen molar-refractivity contribution in [1.82, 2.24) is 5.06 Å². The zero-order chi connectivity index (χ0) is 12.7. The van der Waals surface area contributed by atoms with Crippen LogP contribution in [0.15, 0.2) is 0 Å². The molecule has 1 saturated heterocycles. The Morgan fingerprint density at radius 3 is 1.65 bits per heavy atom. The molecular weight excluding hydrogens is 214 g/mol. The van der Waals surface area contributed by atoms with Crippen LogP contribution in [0.25, 0.3) is 0 Å². The molecule has 0 unspecified atom stereocenters. The lowest BCUT2D eigenvalue weighted by Crippen LogP contribution is -2.32. The second-order valence-corrected chi connectivity index (χ2v) is 6.00. The number of aliphatic hydroxyl groups is 1. The zero-order valence-electron chi connectivity index (χ0n) is 11.5. The van der Waals surface area contributed by atoms with Gasteiger partial charge >= 0.3 is 0 Å². The van der Waals surface area contributed by atoms with Crippen LogP contribution in [-0.4, -0.2) is 34.1 Å². The van der Waals surface area contributed by atoms with Gasteiger partial charge in [0.2, 0.25) is 0 Å². The number of piperidine rings is 1. The molecule has 2 fully saturated rings. The Hall–Kier alpha value is -0.120. The maximum atomic E-state index is 9.64. The van der Waals surface area contributed by atoms with E-state index in [1.807, 2.05) is 13.8 Å². The molecule has 1 saturated carbocycles. The van der Waals surface area contributed by atoms with Gasteiger partial charge in [0.05, 0.1) is 5.60 Å². The molecule has 17 heavy (non-hydrogen) atoms. The Morgan fingerprint density at radius 1 is 0.882 bits per heavy atom. The fraction of sp³-hybridized carbons (Fsp3) is 1.00. The van der Waals surface area contributed by atoms with E-state index in [-0.39, 0.29) is 0 Å². The van der Waals surface area contributed by atoms with E-state index in [9.17, 15) is 5.11 Å². The molecule has 3 heteroatoms. The van der Waals surface area contributed by atoms with Crippen molar-refractivity contribution in [3.8, 4) is 0 Å². The lowest BCUT2D eigenvalue weighted by Gasteiger charge is -2.32. The first-order valence-electron chi connectivity index (χ1n) is 7.16.